The summed E-state index contributed by atoms with van der Waals surface area (Å²) in [7, 11) is 0. The van der Waals surface area contributed by atoms with Gasteiger partial charge in [-0.2, -0.15) is 0 Å². The van der Waals surface area contributed by atoms with E-state index in [0.717, 1.165) is 38.9 Å². The summed E-state index contributed by atoms with van der Waals surface area (Å²) in [6.45, 7) is 4.56. The molecule has 0 spiro atoms. The van der Waals surface area contributed by atoms with Crippen LogP contribution in [0.1, 0.15) is 24.0 Å². The lowest BCUT2D eigenvalue weighted by atomic mass is 9.72. The highest BCUT2D eigenvalue weighted by Crippen LogP contribution is 2.37. The van der Waals surface area contributed by atoms with Gasteiger partial charge < -0.3 is 10.6 Å². The molecule has 2 fully saturated rings. The van der Waals surface area contributed by atoms with E-state index in [1.54, 1.807) is 12.1 Å². The molecule has 2 saturated heterocycles. The molecule has 0 radical (unpaired) electrons. The largest absolute Gasteiger partial charge is 0.369 e. The van der Waals surface area contributed by atoms with Crippen LogP contribution >= 0.6 is 0 Å². The Hall–Kier alpha value is -2.24. The number of piperidine rings is 1. The van der Waals surface area contributed by atoms with E-state index in [1.165, 1.54) is 11.6 Å². The molecule has 2 aliphatic heterocycles. The zero-order chi connectivity index (χ0) is 20.3. The third-order valence-corrected chi connectivity index (χ3v) is 6.65. The summed E-state index contributed by atoms with van der Waals surface area (Å²) in [5.41, 5.74) is 7.08. The van der Waals surface area contributed by atoms with Crippen LogP contribution in [0.5, 0.6) is 0 Å². The van der Waals surface area contributed by atoms with Gasteiger partial charge in [0.15, 0.2) is 0 Å². The smallest absolute Gasteiger partial charge is 0.226 e. The van der Waals surface area contributed by atoms with Crippen LogP contribution in [0.25, 0.3) is 0 Å². The molecule has 2 N–H and O–H groups in total. The van der Waals surface area contributed by atoms with Gasteiger partial charge in [-0.05, 0) is 56.0 Å². The highest BCUT2D eigenvalue weighted by Gasteiger charge is 2.50. The number of amides is 1. The maximum atomic E-state index is 14.1. The van der Waals surface area contributed by atoms with E-state index in [2.05, 4.69) is 40.1 Å². The van der Waals surface area contributed by atoms with Crippen molar-refractivity contribution in [2.75, 3.05) is 32.7 Å². The van der Waals surface area contributed by atoms with Crippen molar-refractivity contribution < 1.29 is 9.18 Å². The summed E-state index contributed by atoms with van der Waals surface area (Å²) in [5.74, 6) is -0.560. The summed E-state index contributed by atoms with van der Waals surface area (Å²) in [6, 6.07) is 17.8. The molecule has 0 aliphatic carbocycles. The van der Waals surface area contributed by atoms with Gasteiger partial charge in [0.05, 0.1) is 5.41 Å². The normalized spacial score (nSPS) is 20.3. The van der Waals surface area contributed by atoms with Crippen LogP contribution in [-0.2, 0) is 17.6 Å². The van der Waals surface area contributed by atoms with Gasteiger partial charge in [0.25, 0.3) is 0 Å². The van der Waals surface area contributed by atoms with E-state index in [9.17, 15) is 9.18 Å². The molecule has 0 atom stereocenters. The molecule has 2 aromatic carbocycles. The number of nitrogens with two attached hydrogens (primary N) is 1. The van der Waals surface area contributed by atoms with E-state index in [1.807, 2.05) is 6.07 Å². The topological polar surface area (TPSA) is 49.6 Å². The van der Waals surface area contributed by atoms with Crippen LogP contribution in [0.2, 0.25) is 0 Å². The van der Waals surface area contributed by atoms with Gasteiger partial charge >= 0.3 is 0 Å². The third kappa shape index (κ3) is 4.51. The third-order valence-electron chi connectivity index (χ3n) is 6.65. The predicted molar refractivity (Wildman–Crippen MR) is 113 cm³/mol. The second kappa shape index (κ2) is 8.64. The Balaban J connectivity index is 1.27. The number of primary amides is 1. The number of likely N-dealkylation sites (tertiary alicyclic amines) is 2. The monoisotopic (exact) mass is 395 g/mol. The molecule has 2 heterocycles. The first-order chi connectivity index (χ1) is 14.1. The number of rotatable bonds is 7. The van der Waals surface area contributed by atoms with Gasteiger partial charge in [0, 0.05) is 25.7 Å². The maximum absolute atomic E-state index is 14.1. The Bertz CT molecular complexity index is 827. The zero-order valence-corrected chi connectivity index (χ0v) is 16.9. The first kappa shape index (κ1) is 20.0. The lowest BCUT2D eigenvalue weighted by Gasteiger charge is -2.53. The molecule has 0 aromatic heterocycles. The van der Waals surface area contributed by atoms with Crippen LogP contribution in [0.15, 0.2) is 54.6 Å². The molecule has 5 heteroatoms. The summed E-state index contributed by atoms with van der Waals surface area (Å²) in [4.78, 5) is 17.1. The lowest BCUT2D eigenvalue weighted by molar-refractivity contribution is -0.142. The van der Waals surface area contributed by atoms with Crippen LogP contribution in [-0.4, -0.2) is 54.5 Å². The Labute approximate surface area is 172 Å². The molecule has 1 amide bonds. The molecule has 29 heavy (non-hydrogen) atoms. The van der Waals surface area contributed by atoms with E-state index < -0.39 is 5.41 Å². The summed E-state index contributed by atoms with van der Waals surface area (Å²) in [6.07, 6.45) is 3.71. The van der Waals surface area contributed by atoms with Crippen molar-refractivity contribution >= 4 is 5.91 Å². The highest BCUT2D eigenvalue weighted by atomic mass is 19.1. The second-order valence-corrected chi connectivity index (χ2v) is 8.63. The molecule has 0 saturated carbocycles. The van der Waals surface area contributed by atoms with E-state index in [-0.39, 0.29) is 11.7 Å². The Morgan fingerprint density at radius 3 is 2.34 bits per heavy atom. The van der Waals surface area contributed by atoms with Crippen molar-refractivity contribution in [1.29, 1.82) is 0 Å². The highest BCUT2D eigenvalue weighted by molar-refractivity contribution is 5.83. The van der Waals surface area contributed by atoms with Gasteiger partial charge in [-0.3, -0.25) is 9.69 Å². The van der Waals surface area contributed by atoms with E-state index >= 15 is 0 Å². The van der Waals surface area contributed by atoms with Crippen molar-refractivity contribution in [3.05, 3.63) is 71.5 Å². The average Bonchev–Trinajstić information content (AvgIpc) is 2.71. The van der Waals surface area contributed by atoms with Crippen molar-refractivity contribution in [3.63, 3.8) is 0 Å². The SMILES string of the molecule is NC(=O)C1(Cc2ccccc2F)CN(C2CCN(CCc3ccccc3)CC2)C1. The molecular formula is C24H30FN3O. The summed E-state index contributed by atoms with van der Waals surface area (Å²) < 4.78 is 14.1. The van der Waals surface area contributed by atoms with Gasteiger partial charge in [0.1, 0.15) is 5.82 Å². The Morgan fingerprint density at radius 1 is 1.03 bits per heavy atom. The first-order valence-corrected chi connectivity index (χ1v) is 10.6. The van der Waals surface area contributed by atoms with Crippen molar-refractivity contribution in [2.45, 2.75) is 31.7 Å². The van der Waals surface area contributed by atoms with Crippen LogP contribution in [0, 0.1) is 11.2 Å². The minimum atomic E-state index is -0.632. The zero-order valence-electron chi connectivity index (χ0n) is 16.9. The molecular weight excluding hydrogens is 365 g/mol. The molecule has 154 valence electrons. The lowest BCUT2D eigenvalue weighted by Crippen LogP contribution is -2.66. The molecule has 0 unspecified atom stereocenters. The van der Waals surface area contributed by atoms with Crippen LogP contribution < -0.4 is 5.73 Å². The molecule has 2 aliphatic rings. The van der Waals surface area contributed by atoms with Crippen LogP contribution in [0.4, 0.5) is 4.39 Å². The first-order valence-electron chi connectivity index (χ1n) is 10.6. The van der Waals surface area contributed by atoms with Crippen molar-refractivity contribution in [1.82, 2.24) is 9.80 Å². The number of hydrogen-bond donors (Lipinski definition) is 1. The Morgan fingerprint density at radius 2 is 1.69 bits per heavy atom. The van der Waals surface area contributed by atoms with Gasteiger partial charge in [0.2, 0.25) is 5.91 Å². The average molecular weight is 396 g/mol. The van der Waals surface area contributed by atoms with Gasteiger partial charge in [-0.25, -0.2) is 4.39 Å². The maximum Gasteiger partial charge on any atom is 0.226 e. The van der Waals surface area contributed by atoms with Crippen LogP contribution in [0.3, 0.4) is 0 Å². The fourth-order valence-corrected chi connectivity index (χ4v) is 4.79. The summed E-state index contributed by atoms with van der Waals surface area (Å²) in [5, 5.41) is 0. The minimum Gasteiger partial charge on any atom is -0.369 e. The quantitative estimate of drug-likeness (QED) is 0.784. The van der Waals surface area contributed by atoms with Gasteiger partial charge in [-0.15, -0.1) is 0 Å². The molecule has 2 aromatic rings. The number of carbonyl (C=O) groups excluding carboxylic acids is 1. The number of nitrogens with zero attached hydrogens (tertiary/aromatic N) is 2. The van der Waals surface area contributed by atoms with E-state index in [4.69, 9.17) is 5.73 Å². The molecule has 4 rings (SSSR count). The van der Waals surface area contributed by atoms with Crippen molar-refractivity contribution in [2.24, 2.45) is 11.1 Å². The fraction of sp³-hybridized carbons (Fsp3) is 0.458. The number of hydrogen-bond acceptors (Lipinski definition) is 3. The fourth-order valence-electron chi connectivity index (χ4n) is 4.79. The number of benzene rings is 2. The number of carbonyl (C=O) groups is 1. The predicted octanol–water partition coefficient (Wildman–Crippen LogP) is 2.86. The Kier molecular flexibility index (Phi) is 5.97. The standard InChI is InChI=1S/C24H30FN3O/c25-22-9-5-4-8-20(22)16-24(23(26)29)17-28(18-24)21-11-14-27(15-12-21)13-10-19-6-2-1-3-7-19/h1-9,21H,10-18H2,(H2,26,29). The molecule has 4 nitrogen and oxygen atoms in total. The minimum absolute atomic E-state index is 0.252. The van der Waals surface area contributed by atoms with Crippen molar-refractivity contribution in [3.8, 4) is 0 Å². The van der Waals surface area contributed by atoms with Gasteiger partial charge in [-0.1, -0.05) is 48.5 Å². The second-order valence-electron chi connectivity index (χ2n) is 8.63. The molecule has 0 bridgehead atoms. The number of halogens is 1. The van der Waals surface area contributed by atoms with E-state index in [0.29, 0.717) is 31.1 Å². The summed E-state index contributed by atoms with van der Waals surface area (Å²) >= 11 is 0.